The number of nitrogens with two attached hydrogens (primary N) is 1. The minimum atomic E-state index is -4.40. The largest absolute Gasteiger partial charge is 0.472 e. The van der Waals surface area contributed by atoms with Gasteiger partial charge in [-0.25, -0.2) is 4.57 Å². The van der Waals surface area contributed by atoms with Gasteiger partial charge in [0.15, 0.2) is 6.10 Å². The van der Waals surface area contributed by atoms with Crippen molar-refractivity contribution in [3.05, 3.63) is 85.1 Å². The van der Waals surface area contributed by atoms with Crippen molar-refractivity contribution in [3.63, 3.8) is 0 Å². The monoisotopic (exact) mass is 1310 g/mol. The summed E-state index contributed by atoms with van der Waals surface area (Å²) in [7, 11) is -4.40. The van der Waals surface area contributed by atoms with E-state index in [4.69, 9.17) is 24.3 Å². The standard InChI is InChI=1S/C82H150NO8P/c1-3-5-7-9-11-13-15-17-19-21-23-25-27-29-31-33-35-37-38-39-40-41-43-44-46-48-50-52-54-56-58-60-62-64-66-68-70-72-74-81(84)88-78-80(79-90-92(86,87)89-77-76-83)91-82(85)75-73-71-69-67-65-63-61-59-57-55-53-51-49-47-45-42-36-34-32-30-28-26-24-22-20-18-16-14-12-10-8-6-4-2/h6,8,12,14,18,20,24,26,30,32,36,42,47,49,80H,3-5,7,9-11,13,15-17,19,21-23,25,27-29,31,33-35,37-41,43-46,48,50-79,83H2,1-2H3,(H,86,87)/b8-6-,14-12-,20-18-,26-24-,32-30-,42-36-,49-47-. The molecule has 0 saturated heterocycles. The molecule has 536 valence electrons. The molecule has 0 aliphatic rings. The molecule has 10 heteroatoms. The van der Waals surface area contributed by atoms with Crippen LogP contribution in [0.2, 0.25) is 0 Å². The fraction of sp³-hybridized carbons (Fsp3) is 0.805. The Morgan fingerprint density at radius 3 is 0.891 bits per heavy atom. The summed E-state index contributed by atoms with van der Waals surface area (Å²) in [6, 6.07) is 0. The smallest absolute Gasteiger partial charge is 0.462 e. The van der Waals surface area contributed by atoms with Crippen molar-refractivity contribution in [2.75, 3.05) is 26.4 Å². The first-order valence-electron chi connectivity index (χ1n) is 39.6. The van der Waals surface area contributed by atoms with E-state index in [1.165, 1.54) is 270 Å². The molecule has 92 heavy (non-hydrogen) atoms. The third-order valence-corrected chi connectivity index (χ3v) is 18.5. The summed E-state index contributed by atoms with van der Waals surface area (Å²) in [5.41, 5.74) is 5.41. The Morgan fingerprint density at radius 1 is 0.337 bits per heavy atom. The van der Waals surface area contributed by atoms with Gasteiger partial charge < -0.3 is 20.1 Å². The number of allylic oxidation sites excluding steroid dienone is 14. The highest BCUT2D eigenvalue weighted by atomic mass is 31.2. The molecule has 0 rings (SSSR count). The van der Waals surface area contributed by atoms with Crippen LogP contribution in [0.3, 0.4) is 0 Å². The summed E-state index contributed by atoms with van der Waals surface area (Å²) in [6.45, 7) is 3.69. The first-order valence-corrected chi connectivity index (χ1v) is 41.1. The predicted octanol–water partition coefficient (Wildman–Crippen LogP) is 26.5. The Labute approximate surface area is 570 Å². The van der Waals surface area contributed by atoms with Crippen molar-refractivity contribution in [2.24, 2.45) is 5.73 Å². The van der Waals surface area contributed by atoms with Gasteiger partial charge in [0, 0.05) is 19.4 Å². The van der Waals surface area contributed by atoms with Gasteiger partial charge in [-0.15, -0.1) is 0 Å². The molecule has 0 aromatic rings. The van der Waals surface area contributed by atoms with E-state index in [0.29, 0.717) is 6.42 Å². The SMILES string of the molecule is CC/C=C\C/C=C\C/C=C\C/C=C\C/C=C\C/C=C\C/C=C\CCCCCCCCCCCCCC(=O)OC(COC(=O)CCCCCCCCCCCCCCCCCCCCCCCCCCCCCCCCCCCCCCCC)COP(=O)(O)OCCN. The molecule has 0 fully saturated rings. The van der Waals surface area contributed by atoms with E-state index in [9.17, 15) is 19.0 Å². The first-order chi connectivity index (χ1) is 45.3. The van der Waals surface area contributed by atoms with Crippen LogP contribution < -0.4 is 5.73 Å². The summed E-state index contributed by atoms with van der Waals surface area (Å²) in [4.78, 5) is 35.4. The van der Waals surface area contributed by atoms with Crippen molar-refractivity contribution < 1.29 is 37.6 Å². The van der Waals surface area contributed by atoms with Crippen molar-refractivity contribution >= 4 is 19.8 Å². The fourth-order valence-corrected chi connectivity index (χ4v) is 12.5. The van der Waals surface area contributed by atoms with Crippen molar-refractivity contribution in [3.8, 4) is 0 Å². The first kappa shape index (κ1) is 89.2. The maximum Gasteiger partial charge on any atom is 0.472 e. The van der Waals surface area contributed by atoms with Crippen LogP contribution >= 0.6 is 7.82 Å². The Morgan fingerprint density at radius 2 is 0.598 bits per heavy atom. The van der Waals surface area contributed by atoms with E-state index < -0.39 is 26.5 Å². The Hall–Kier alpha value is -2.81. The molecule has 0 aromatic carbocycles. The van der Waals surface area contributed by atoms with Crippen LogP contribution in [-0.2, 0) is 32.7 Å². The summed E-state index contributed by atoms with van der Waals surface area (Å²) in [5, 5.41) is 0. The fourth-order valence-electron chi connectivity index (χ4n) is 11.7. The Bertz CT molecular complexity index is 1790. The summed E-state index contributed by atoms with van der Waals surface area (Å²) < 4.78 is 33.3. The molecule has 2 unspecified atom stereocenters. The van der Waals surface area contributed by atoms with Crippen LogP contribution in [0, 0.1) is 0 Å². The van der Waals surface area contributed by atoms with E-state index in [1.807, 2.05) is 0 Å². The number of hydrogen-bond acceptors (Lipinski definition) is 8. The zero-order valence-electron chi connectivity index (χ0n) is 60.5. The van der Waals surface area contributed by atoms with Crippen LogP contribution in [-0.4, -0.2) is 49.3 Å². The van der Waals surface area contributed by atoms with E-state index in [2.05, 4.69) is 98.9 Å². The highest BCUT2D eigenvalue weighted by molar-refractivity contribution is 7.47. The number of ether oxygens (including phenoxy) is 2. The lowest BCUT2D eigenvalue weighted by atomic mass is 10.0. The lowest BCUT2D eigenvalue weighted by molar-refractivity contribution is -0.161. The van der Waals surface area contributed by atoms with E-state index in [0.717, 1.165) is 89.9 Å². The molecular formula is C82H150NO8P. The Balaban J connectivity index is 3.80. The van der Waals surface area contributed by atoms with Gasteiger partial charge >= 0.3 is 19.8 Å². The maximum atomic E-state index is 12.8. The van der Waals surface area contributed by atoms with Crippen molar-refractivity contribution in [1.82, 2.24) is 0 Å². The molecule has 0 aliphatic carbocycles. The second kappa shape index (κ2) is 77.2. The second-order valence-corrected chi connectivity index (χ2v) is 28.0. The number of phosphoric ester groups is 1. The van der Waals surface area contributed by atoms with Gasteiger partial charge in [-0.1, -0.05) is 394 Å². The van der Waals surface area contributed by atoms with Gasteiger partial charge in [0.2, 0.25) is 0 Å². The van der Waals surface area contributed by atoms with Crippen molar-refractivity contribution in [2.45, 2.75) is 399 Å². The predicted molar refractivity (Wildman–Crippen MR) is 399 cm³/mol. The van der Waals surface area contributed by atoms with Gasteiger partial charge in [0.25, 0.3) is 0 Å². The molecule has 0 bridgehead atoms. The lowest BCUT2D eigenvalue weighted by Crippen LogP contribution is -2.29. The summed E-state index contributed by atoms with van der Waals surface area (Å²) >= 11 is 0. The average Bonchev–Trinajstić information content (AvgIpc) is 3.01. The number of phosphoric acid groups is 1. The number of unbranched alkanes of at least 4 members (excludes halogenated alkanes) is 48. The molecule has 0 amide bonds. The molecular weight excluding hydrogens is 1160 g/mol. The quantitative estimate of drug-likeness (QED) is 0.0264. The van der Waals surface area contributed by atoms with Crippen LogP contribution in [0.5, 0.6) is 0 Å². The number of esters is 2. The molecule has 2 atom stereocenters. The molecule has 0 saturated carbocycles. The molecule has 9 nitrogen and oxygen atoms in total. The summed E-state index contributed by atoms with van der Waals surface area (Å²) in [5.74, 6) is -0.817. The van der Waals surface area contributed by atoms with Crippen LogP contribution in [0.25, 0.3) is 0 Å². The minimum absolute atomic E-state index is 0.0516. The molecule has 0 aliphatic heterocycles. The molecule has 0 radical (unpaired) electrons. The minimum Gasteiger partial charge on any atom is -0.462 e. The van der Waals surface area contributed by atoms with E-state index >= 15 is 0 Å². The number of rotatable bonds is 75. The van der Waals surface area contributed by atoms with Gasteiger partial charge in [-0.3, -0.25) is 18.6 Å². The molecule has 0 spiro atoms. The topological polar surface area (TPSA) is 134 Å². The highest BCUT2D eigenvalue weighted by Gasteiger charge is 2.26. The average molecular weight is 1310 g/mol. The second-order valence-electron chi connectivity index (χ2n) is 26.6. The van der Waals surface area contributed by atoms with Crippen molar-refractivity contribution in [1.29, 1.82) is 0 Å². The third-order valence-electron chi connectivity index (χ3n) is 17.5. The Kier molecular flexibility index (Phi) is 74.8. The number of carbonyl (C=O) groups excluding carboxylic acids is 2. The zero-order valence-corrected chi connectivity index (χ0v) is 61.4. The third kappa shape index (κ3) is 76.2. The van der Waals surface area contributed by atoms with E-state index in [-0.39, 0.29) is 38.6 Å². The number of carbonyl (C=O) groups is 2. The van der Waals surface area contributed by atoms with E-state index in [1.54, 1.807) is 0 Å². The number of hydrogen-bond donors (Lipinski definition) is 2. The zero-order chi connectivity index (χ0) is 66.5. The van der Waals surface area contributed by atoms with Gasteiger partial charge in [0.1, 0.15) is 6.61 Å². The normalized spacial score (nSPS) is 13.3. The van der Waals surface area contributed by atoms with Gasteiger partial charge in [-0.05, 0) is 70.6 Å². The van der Waals surface area contributed by atoms with Gasteiger partial charge in [-0.2, -0.15) is 0 Å². The maximum absolute atomic E-state index is 12.8. The van der Waals surface area contributed by atoms with Gasteiger partial charge in [0.05, 0.1) is 13.2 Å². The molecule has 3 N–H and O–H groups in total. The van der Waals surface area contributed by atoms with Crippen LogP contribution in [0.15, 0.2) is 85.1 Å². The summed E-state index contributed by atoms with van der Waals surface area (Å²) in [6.07, 6.45) is 104. The molecule has 0 heterocycles. The molecule has 0 aromatic heterocycles. The highest BCUT2D eigenvalue weighted by Crippen LogP contribution is 2.43. The van der Waals surface area contributed by atoms with Crippen LogP contribution in [0.1, 0.15) is 393 Å². The lowest BCUT2D eigenvalue weighted by Gasteiger charge is -2.19. The van der Waals surface area contributed by atoms with Crippen LogP contribution in [0.4, 0.5) is 0 Å².